The van der Waals surface area contributed by atoms with E-state index in [2.05, 4.69) is 10.2 Å². The largest absolute Gasteiger partial charge is 0.418 e. The van der Waals surface area contributed by atoms with E-state index in [-0.39, 0.29) is 35.7 Å². The van der Waals surface area contributed by atoms with E-state index in [9.17, 15) is 26.4 Å². The highest BCUT2D eigenvalue weighted by molar-refractivity contribution is 7.88. The molecule has 33 heavy (non-hydrogen) atoms. The quantitative estimate of drug-likeness (QED) is 0.721. The minimum Gasteiger partial charge on any atom is -0.370 e. The van der Waals surface area contributed by atoms with E-state index < -0.39 is 21.8 Å². The molecule has 5 rings (SSSR count). The second kappa shape index (κ2) is 7.73. The van der Waals surface area contributed by atoms with Crippen LogP contribution >= 0.6 is 0 Å². The number of fused-ring (bicyclic) bond motifs is 2. The third-order valence-electron chi connectivity index (χ3n) is 6.89. The highest BCUT2D eigenvalue weighted by Crippen LogP contribution is 2.41. The summed E-state index contributed by atoms with van der Waals surface area (Å²) in [7, 11) is -3.39. The third kappa shape index (κ3) is 3.99. The van der Waals surface area contributed by atoms with Crippen molar-refractivity contribution >= 4 is 21.6 Å². The number of nitrogens with one attached hydrogen (secondary N) is 1. The summed E-state index contributed by atoms with van der Waals surface area (Å²) in [5, 5.41) is 7.05. The second-order valence-corrected chi connectivity index (χ2v) is 11.0. The van der Waals surface area contributed by atoms with Gasteiger partial charge in [-0.05, 0) is 12.1 Å². The SMILES string of the molecule is CS(=O)(=O)N1CCc2[nH]nc(C(=O)N3C[C@@H]4CN(c5ccccc5C(F)(F)F)C[C@@H]4C3)c2C1. The van der Waals surface area contributed by atoms with Gasteiger partial charge in [0.1, 0.15) is 0 Å². The molecular formula is C21H24F3N5O3S. The van der Waals surface area contributed by atoms with Crippen molar-refractivity contribution < 1.29 is 26.4 Å². The summed E-state index contributed by atoms with van der Waals surface area (Å²) >= 11 is 0. The van der Waals surface area contributed by atoms with Gasteiger partial charge in [0.15, 0.2) is 5.69 Å². The van der Waals surface area contributed by atoms with Crippen LogP contribution in [0.4, 0.5) is 18.9 Å². The van der Waals surface area contributed by atoms with E-state index in [0.29, 0.717) is 44.7 Å². The number of halogens is 3. The van der Waals surface area contributed by atoms with Crippen molar-refractivity contribution in [2.24, 2.45) is 11.8 Å². The molecule has 0 radical (unpaired) electrons. The van der Waals surface area contributed by atoms with Crippen LogP contribution in [-0.4, -0.2) is 72.7 Å². The van der Waals surface area contributed by atoms with Crippen molar-refractivity contribution in [3.63, 3.8) is 0 Å². The Morgan fingerprint density at radius 3 is 2.42 bits per heavy atom. The van der Waals surface area contributed by atoms with Crippen LogP contribution in [0.15, 0.2) is 24.3 Å². The number of likely N-dealkylation sites (tertiary alicyclic amines) is 1. The number of carbonyl (C=O) groups is 1. The molecule has 2 fully saturated rings. The standard InChI is InChI=1S/C21H24F3N5O3S/c1-33(31,32)29-7-6-17-15(12-29)19(26-25-17)20(30)28-10-13-8-27(9-14(13)11-28)18-5-3-2-4-16(18)21(22,23)24/h2-5,13-14H,6-12H2,1H3,(H,25,26)/t13-,14+. The number of H-pyrrole nitrogens is 1. The van der Waals surface area contributed by atoms with Crippen LogP contribution in [0.25, 0.3) is 0 Å². The number of nitrogens with zero attached hydrogens (tertiary/aromatic N) is 4. The number of alkyl halides is 3. The maximum atomic E-state index is 13.4. The molecule has 4 heterocycles. The Labute approximate surface area is 189 Å². The summed E-state index contributed by atoms with van der Waals surface area (Å²) in [6.07, 6.45) is -2.82. The smallest absolute Gasteiger partial charge is 0.370 e. The molecule has 0 saturated carbocycles. The van der Waals surface area contributed by atoms with Crippen LogP contribution in [0.5, 0.6) is 0 Å². The lowest BCUT2D eigenvalue weighted by Crippen LogP contribution is -2.37. The fraction of sp³-hybridized carbons (Fsp3) is 0.524. The summed E-state index contributed by atoms with van der Waals surface area (Å²) in [5.74, 6) is -0.130. The van der Waals surface area contributed by atoms with Crippen molar-refractivity contribution in [1.82, 2.24) is 19.4 Å². The molecule has 2 saturated heterocycles. The predicted octanol–water partition coefficient (Wildman–Crippen LogP) is 1.95. The number of aromatic nitrogens is 2. The van der Waals surface area contributed by atoms with Crippen molar-refractivity contribution in [1.29, 1.82) is 0 Å². The van der Waals surface area contributed by atoms with E-state index in [1.807, 2.05) is 0 Å². The number of amides is 1. The summed E-state index contributed by atoms with van der Waals surface area (Å²) in [5.41, 5.74) is 1.15. The number of hydrogen-bond donors (Lipinski definition) is 1. The van der Waals surface area contributed by atoms with Gasteiger partial charge in [-0.15, -0.1) is 0 Å². The fourth-order valence-electron chi connectivity index (χ4n) is 5.22. The summed E-state index contributed by atoms with van der Waals surface area (Å²) in [6, 6.07) is 5.59. The highest BCUT2D eigenvalue weighted by atomic mass is 32.2. The van der Waals surface area contributed by atoms with Gasteiger partial charge in [0.05, 0.1) is 11.8 Å². The molecule has 3 aliphatic rings. The van der Waals surface area contributed by atoms with E-state index in [0.717, 1.165) is 18.0 Å². The average molecular weight is 484 g/mol. The fourth-order valence-corrected chi connectivity index (χ4v) is 6.01. The number of anilines is 1. The van der Waals surface area contributed by atoms with Gasteiger partial charge in [0.2, 0.25) is 10.0 Å². The number of hydrogen-bond acceptors (Lipinski definition) is 5. The molecule has 2 atom stereocenters. The molecule has 0 bridgehead atoms. The third-order valence-corrected chi connectivity index (χ3v) is 8.14. The van der Waals surface area contributed by atoms with E-state index in [1.165, 1.54) is 16.4 Å². The summed E-state index contributed by atoms with van der Waals surface area (Å²) in [6.45, 7) is 2.21. The molecule has 3 aliphatic heterocycles. The molecule has 8 nitrogen and oxygen atoms in total. The van der Waals surface area contributed by atoms with Gasteiger partial charge < -0.3 is 9.80 Å². The predicted molar refractivity (Wildman–Crippen MR) is 114 cm³/mol. The average Bonchev–Trinajstić information content (AvgIpc) is 3.44. The minimum atomic E-state index is -4.42. The van der Waals surface area contributed by atoms with Crippen LogP contribution in [0.3, 0.4) is 0 Å². The Hall–Kier alpha value is -2.60. The Balaban J connectivity index is 1.30. The number of aromatic amines is 1. The van der Waals surface area contributed by atoms with Gasteiger partial charge in [0, 0.05) is 74.5 Å². The zero-order valence-corrected chi connectivity index (χ0v) is 18.8. The molecule has 1 amide bonds. The summed E-state index contributed by atoms with van der Waals surface area (Å²) < 4.78 is 65.5. The molecule has 178 valence electrons. The molecule has 0 spiro atoms. The Morgan fingerprint density at radius 1 is 1.12 bits per heavy atom. The van der Waals surface area contributed by atoms with Gasteiger partial charge >= 0.3 is 6.18 Å². The normalized spacial score (nSPS) is 23.6. The van der Waals surface area contributed by atoms with Crippen LogP contribution < -0.4 is 4.90 Å². The molecule has 0 aliphatic carbocycles. The van der Waals surface area contributed by atoms with Gasteiger partial charge in [-0.25, -0.2) is 8.42 Å². The Kier molecular flexibility index (Phi) is 5.20. The lowest BCUT2D eigenvalue weighted by Gasteiger charge is -2.26. The molecular weight excluding hydrogens is 459 g/mol. The first-order chi connectivity index (χ1) is 15.5. The number of rotatable bonds is 3. The molecule has 2 aromatic rings. The maximum absolute atomic E-state index is 13.4. The number of carbonyl (C=O) groups excluding carboxylic acids is 1. The first-order valence-corrected chi connectivity index (χ1v) is 12.6. The maximum Gasteiger partial charge on any atom is 0.418 e. The molecule has 1 aromatic heterocycles. The molecule has 12 heteroatoms. The Morgan fingerprint density at radius 2 is 1.79 bits per heavy atom. The van der Waals surface area contributed by atoms with Gasteiger partial charge in [-0.2, -0.15) is 22.6 Å². The van der Waals surface area contributed by atoms with E-state index in [1.54, 1.807) is 15.9 Å². The summed E-state index contributed by atoms with van der Waals surface area (Å²) in [4.78, 5) is 16.7. The van der Waals surface area contributed by atoms with Gasteiger partial charge in [-0.3, -0.25) is 9.89 Å². The molecule has 1 aromatic carbocycles. The zero-order valence-electron chi connectivity index (χ0n) is 18.0. The minimum absolute atomic E-state index is 0.0672. The molecule has 0 unspecified atom stereocenters. The first-order valence-electron chi connectivity index (χ1n) is 10.7. The van der Waals surface area contributed by atoms with Crippen LogP contribution in [0.1, 0.15) is 27.3 Å². The number of benzene rings is 1. The lowest BCUT2D eigenvalue weighted by atomic mass is 10.0. The van der Waals surface area contributed by atoms with Crippen molar-refractivity contribution in [2.45, 2.75) is 19.1 Å². The van der Waals surface area contributed by atoms with Gasteiger partial charge in [0.25, 0.3) is 5.91 Å². The zero-order chi connectivity index (χ0) is 23.5. The molecule has 1 N–H and O–H groups in total. The second-order valence-electron chi connectivity index (χ2n) is 9.03. The van der Waals surface area contributed by atoms with Crippen LogP contribution in [0, 0.1) is 11.8 Å². The first kappa shape index (κ1) is 22.2. The van der Waals surface area contributed by atoms with E-state index >= 15 is 0 Å². The number of para-hydroxylation sites is 1. The lowest BCUT2D eigenvalue weighted by molar-refractivity contribution is -0.137. The topological polar surface area (TPSA) is 89.6 Å². The van der Waals surface area contributed by atoms with Crippen LogP contribution in [-0.2, 0) is 29.2 Å². The van der Waals surface area contributed by atoms with Gasteiger partial charge in [-0.1, -0.05) is 12.1 Å². The van der Waals surface area contributed by atoms with Crippen molar-refractivity contribution in [3.8, 4) is 0 Å². The monoisotopic (exact) mass is 483 g/mol. The Bertz CT molecular complexity index is 1180. The number of sulfonamides is 1. The van der Waals surface area contributed by atoms with Crippen LogP contribution in [0.2, 0.25) is 0 Å². The highest BCUT2D eigenvalue weighted by Gasteiger charge is 2.45. The van der Waals surface area contributed by atoms with E-state index in [4.69, 9.17) is 0 Å². The van der Waals surface area contributed by atoms with Crippen molar-refractivity contribution in [2.75, 3.05) is 43.9 Å². The van der Waals surface area contributed by atoms with Crippen molar-refractivity contribution in [3.05, 3.63) is 46.8 Å².